The van der Waals surface area contributed by atoms with Crippen LogP contribution in [0.3, 0.4) is 0 Å². The van der Waals surface area contributed by atoms with E-state index in [2.05, 4.69) is 54.6 Å². The van der Waals surface area contributed by atoms with Crippen LogP contribution in [0, 0.1) is 0 Å². The summed E-state index contributed by atoms with van der Waals surface area (Å²) < 4.78 is 2.17. The fraction of sp³-hybridized carbons (Fsp3) is 0.429. The fourth-order valence-corrected chi connectivity index (χ4v) is 2.38. The summed E-state index contributed by atoms with van der Waals surface area (Å²) in [5, 5.41) is 1.28. The van der Waals surface area contributed by atoms with Crippen LogP contribution in [0.1, 0.15) is 19.5 Å². The molecule has 0 amide bonds. The molecule has 0 bridgehead atoms. The van der Waals surface area contributed by atoms with E-state index in [-0.39, 0.29) is 0 Å². The summed E-state index contributed by atoms with van der Waals surface area (Å²) in [5.41, 5.74) is 9.45. The minimum absolute atomic E-state index is 0.589. The highest BCUT2D eigenvalue weighted by molar-refractivity contribution is 5.85. The molecule has 0 aliphatic heterocycles. The van der Waals surface area contributed by atoms with Gasteiger partial charge in [-0.3, -0.25) is 0 Å². The van der Waals surface area contributed by atoms with E-state index in [9.17, 15) is 0 Å². The lowest BCUT2D eigenvalue weighted by Gasteiger charge is -2.21. The summed E-state index contributed by atoms with van der Waals surface area (Å²) in [5.74, 6) is 0. The van der Waals surface area contributed by atoms with E-state index < -0.39 is 0 Å². The summed E-state index contributed by atoms with van der Waals surface area (Å²) in [7, 11) is 2.07. The molecule has 0 aliphatic rings. The summed E-state index contributed by atoms with van der Waals surface area (Å²) in [4.78, 5) is 2.36. The lowest BCUT2D eigenvalue weighted by atomic mass is 10.2. The molecule has 0 radical (unpaired) electrons. The zero-order valence-electron chi connectivity index (χ0n) is 10.9. The summed E-state index contributed by atoms with van der Waals surface area (Å²) in [6.07, 6.45) is 0. The van der Waals surface area contributed by atoms with E-state index in [0.717, 1.165) is 13.1 Å². The van der Waals surface area contributed by atoms with Gasteiger partial charge >= 0.3 is 0 Å². The maximum absolute atomic E-state index is 5.73. The van der Waals surface area contributed by atoms with Crippen molar-refractivity contribution in [1.29, 1.82) is 0 Å². The van der Waals surface area contributed by atoms with Crippen molar-refractivity contribution in [3.05, 3.63) is 30.0 Å². The van der Waals surface area contributed by atoms with Gasteiger partial charge in [-0.1, -0.05) is 0 Å². The van der Waals surface area contributed by atoms with Crippen molar-refractivity contribution < 1.29 is 0 Å². The number of hydrogen-bond donors (Lipinski definition) is 1. The van der Waals surface area contributed by atoms with Crippen molar-refractivity contribution in [3.63, 3.8) is 0 Å². The Morgan fingerprint density at radius 3 is 2.47 bits per heavy atom. The van der Waals surface area contributed by atoms with Crippen molar-refractivity contribution in [2.24, 2.45) is 12.8 Å². The lowest BCUT2D eigenvalue weighted by molar-refractivity contribution is 0.848. The average Bonchev–Trinajstić information content (AvgIpc) is 2.67. The van der Waals surface area contributed by atoms with Crippen LogP contribution in [0.15, 0.2) is 24.3 Å². The molecule has 1 heterocycles. The molecule has 0 spiro atoms. The first-order valence-electron chi connectivity index (χ1n) is 6.24. The Bertz CT molecular complexity index is 509. The molecule has 0 saturated heterocycles. The second kappa shape index (κ2) is 4.80. The Kier molecular flexibility index (Phi) is 3.38. The van der Waals surface area contributed by atoms with Gasteiger partial charge < -0.3 is 15.2 Å². The molecule has 0 saturated carbocycles. The number of nitrogens with zero attached hydrogens (tertiary/aromatic N) is 2. The number of fused-ring (bicyclic) bond motifs is 1. The number of aryl methyl sites for hydroxylation is 1. The fourth-order valence-electron chi connectivity index (χ4n) is 2.38. The molecule has 3 nitrogen and oxygen atoms in total. The second-order valence-corrected chi connectivity index (χ2v) is 4.31. The highest BCUT2D eigenvalue weighted by Gasteiger charge is 2.07. The zero-order chi connectivity index (χ0) is 12.4. The molecule has 0 fully saturated rings. The maximum Gasteiger partial charge on any atom is 0.0481 e. The molecule has 0 unspecified atom stereocenters. The maximum atomic E-state index is 5.73. The first-order valence-corrected chi connectivity index (χ1v) is 6.24. The van der Waals surface area contributed by atoms with Gasteiger partial charge in [-0.15, -0.1) is 0 Å². The van der Waals surface area contributed by atoms with Crippen molar-refractivity contribution in [2.45, 2.75) is 20.4 Å². The smallest absolute Gasteiger partial charge is 0.0481 e. The Morgan fingerprint density at radius 2 is 1.88 bits per heavy atom. The third kappa shape index (κ3) is 2.03. The number of benzene rings is 1. The first-order chi connectivity index (χ1) is 8.21. The number of aromatic nitrogens is 1. The van der Waals surface area contributed by atoms with E-state index in [4.69, 9.17) is 5.73 Å². The Morgan fingerprint density at radius 1 is 1.18 bits per heavy atom. The van der Waals surface area contributed by atoms with Crippen LogP contribution < -0.4 is 10.6 Å². The highest BCUT2D eigenvalue weighted by Crippen LogP contribution is 2.24. The number of hydrogen-bond acceptors (Lipinski definition) is 2. The van der Waals surface area contributed by atoms with E-state index in [0.29, 0.717) is 6.54 Å². The molecule has 3 heteroatoms. The summed E-state index contributed by atoms with van der Waals surface area (Å²) in [6.45, 7) is 7.04. The van der Waals surface area contributed by atoms with E-state index in [1.807, 2.05) is 0 Å². The highest BCUT2D eigenvalue weighted by atomic mass is 15.1. The van der Waals surface area contributed by atoms with E-state index in [1.54, 1.807) is 0 Å². The summed E-state index contributed by atoms with van der Waals surface area (Å²) in [6, 6.07) is 8.81. The van der Waals surface area contributed by atoms with Crippen LogP contribution in [0.4, 0.5) is 5.69 Å². The van der Waals surface area contributed by atoms with E-state index in [1.165, 1.54) is 22.3 Å². The lowest BCUT2D eigenvalue weighted by Crippen LogP contribution is -2.21. The Labute approximate surface area is 103 Å². The number of rotatable bonds is 4. The van der Waals surface area contributed by atoms with Crippen LogP contribution in [-0.4, -0.2) is 17.7 Å². The van der Waals surface area contributed by atoms with Gasteiger partial charge in [-0.2, -0.15) is 0 Å². The van der Waals surface area contributed by atoms with Gasteiger partial charge in [0.25, 0.3) is 0 Å². The van der Waals surface area contributed by atoms with Crippen LogP contribution in [0.25, 0.3) is 10.9 Å². The normalized spacial score (nSPS) is 11.1. The molecule has 17 heavy (non-hydrogen) atoms. The van der Waals surface area contributed by atoms with Gasteiger partial charge in [0.15, 0.2) is 0 Å². The minimum atomic E-state index is 0.589. The molecule has 2 rings (SSSR count). The monoisotopic (exact) mass is 231 g/mol. The third-order valence-electron chi connectivity index (χ3n) is 3.46. The predicted molar refractivity (Wildman–Crippen MR) is 74.4 cm³/mol. The molecular formula is C14H21N3. The van der Waals surface area contributed by atoms with Crippen molar-refractivity contribution in [2.75, 3.05) is 18.0 Å². The average molecular weight is 231 g/mol. The topological polar surface area (TPSA) is 34.2 Å². The molecular weight excluding hydrogens is 210 g/mol. The molecule has 0 aliphatic carbocycles. The largest absolute Gasteiger partial charge is 0.372 e. The number of anilines is 1. The Balaban J connectivity index is 2.50. The van der Waals surface area contributed by atoms with E-state index >= 15 is 0 Å². The second-order valence-electron chi connectivity index (χ2n) is 4.31. The zero-order valence-corrected chi connectivity index (χ0v) is 10.9. The van der Waals surface area contributed by atoms with Gasteiger partial charge in [0, 0.05) is 49.0 Å². The van der Waals surface area contributed by atoms with Gasteiger partial charge in [-0.25, -0.2) is 0 Å². The number of nitrogens with two attached hydrogens (primary N) is 1. The first kappa shape index (κ1) is 12.0. The Hall–Kier alpha value is -1.48. The minimum Gasteiger partial charge on any atom is -0.372 e. The standard InChI is InChI=1S/C14H21N3/c1-4-17(5-2)12-6-7-14-11(8-12)9-13(10-15)16(14)3/h6-9H,4-5,10,15H2,1-3H3. The molecule has 0 atom stereocenters. The van der Waals surface area contributed by atoms with Crippen LogP contribution in [0.5, 0.6) is 0 Å². The van der Waals surface area contributed by atoms with Gasteiger partial charge in [0.1, 0.15) is 0 Å². The predicted octanol–water partition coefficient (Wildman–Crippen LogP) is 2.48. The summed E-state index contributed by atoms with van der Waals surface area (Å²) >= 11 is 0. The van der Waals surface area contributed by atoms with Crippen molar-refractivity contribution in [3.8, 4) is 0 Å². The third-order valence-corrected chi connectivity index (χ3v) is 3.46. The molecule has 1 aromatic heterocycles. The SMILES string of the molecule is CCN(CC)c1ccc2c(c1)cc(CN)n2C. The van der Waals surface area contributed by atoms with Crippen LogP contribution in [0.2, 0.25) is 0 Å². The quantitative estimate of drug-likeness (QED) is 0.877. The van der Waals surface area contributed by atoms with Crippen LogP contribution >= 0.6 is 0 Å². The van der Waals surface area contributed by atoms with Gasteiger partial charge in [0.05, 0.1) is 0 Å². The molecule has 2 aromatic rings. The molecule has 1 aromatic carbocycles. The van der Waals surface area contributed by atoms with Gasteiger partial charge in [-0.05, 0) is 38.1 Å². The molecule has 2 N–H and O–H groups in total. The molecule has 92 valence electrons. The van der Waals surface area contributed by atoms with Crippen molar-refractivity contribution >= 4 is 16.6 Å². The van der Waals surface area contributed by atoms with Crippen molar-refractivity contribution in [1.82, 2.24) is 4.57 Å². The van der Waals surface area contributed by atoms with Gasteiger partial charge in [0.2, 0.25) is 0 Å². The van der Waals surface area contributed by atoms with Crippen LogP contribution in [-0.2, 0) is 13.6 Å².